The largest absolute Gasteiger partial charge is 0.491 e. The van der Waals surface area contributed by atoms with E-state index in [-0.39, 0.29) is 6.61 Å². The fourth-order valence-corrected chi connectivity index (χ4v) is 4.56. The first-order valence-corrected chi connectivity index (χ1v) is 12.3. The van der Waals surface area contributed by atoms with E-state index in [1.54, 1.807) is 24.3 Å². The number of halogens is 2. The molecule has 0 aliphatic carbocycles. The lowest BCUT2D eigenvalue weighted by molar-refractivity contribution is 0.0662. The van der Waals surface area contributed by atoms with Crippen molar-refractivity contribution in [3.63, 3.8) is 0 Å². The zero-order valence-corrected chi connectivity index (χ0v) is 21.1. The van der Waals surface area contributed by atoms with Crippen LogP contribution in [0, 0.1) is 13.8 Å². The molecule has 1 atom stereocenters. The first-order valence-electron chi connectivity index (χ1n) is 11.5. The molecule has 0 saturated carbocycles. The standard InChI is InChI=1S/C26H30Cl2N4O2/c1-18-24(15-20-5-3-4-6-25(20)28)26(30-19(2)29-18)32-13-11-31(12-14-32)16-22(33)17-34-23-9-7-21(27)8-10-23/h3-10,22,33H,11-17H2,1-2H3. The molecule has 6 nitrogen and oxygen atoms in total. The topological polar surface area (TPSA) is 61.7 Å². The lowest BCUT2D eigenvalue weighted by Gasteiger charge is -2.37. The highest BCUT2D eigenvalue weighted by Gasteiger charge is 2.24. The molecule has 0 radical (unpaired) electrons. The second-order valence-corrected chi connectivity index (χ2v) is 9.48. The number of anilines is 1. The minimum absolute atomic E-state index is 0.244. The summed E-state index contributed by atoms with van der Waals surface area (Å²) in [4.78, 5) is 14.0. The number of nitrogens with zero attached hydrogens (tertiary/aromatic N) is 4. The zero-order chi connectivity index (χ0) is 24.1. The van der Waals surface area contributed by atoms with Gasteiger partial charge >= 0.3 is 0 Å². The average Bonchev–Trinajstić information content (AvgIpc) is 2.82. The number of hydrogen-bond acceptors (Lipinski definition) is 6. The van der Waals surface area contributed by atoms with Crippen LogP contribution in [0.5, 0.6) is 5.75 Å². The van der Waals surface area contributed by atoms with Crippen molar-refractivity contribution in [2.75, 3.05) is 44.2 Å². The van der Waals surface area contributed by atoms with Gasteiger partial charge in [0.15, 0.2) is 0 Å². The van der Waals surface area contributed by atoms with Gasteiger partial charge in [-0.05, 0) is 49.7 Å². The lowest BCUT2D eigenvalue weighted by Crippen LogP contribution is -2.49. The Bertz CT molecular complexity index is 1100. The van der Waals surface area contributed by atoms with Gasteiger partial charge in [-0.3, -0.25) is 4.90 Å². The monoisotopic (exact) mass is 500 g/mol. The molecule has 1 fully saturated rings. The third kappa shape index (κ3) is 6.39. The molecule has 2 aromatic carbocycles. The highest BCUT2D eigenvalue weighted by atomic mass is 35.5. The fraction of sp³-hybridized carbons (Fsp3) is 0.385. The minimum Gasteiger partial charge on any atom is -0.491 e. The molecule has 1 saturated heterocycles. The number of aliphatic hydroxyl groups is 1. The second kappa shape index (κ2) is 11.4. The Hall–Kier alpha value is -2.38. The van der Waals surface area contributed by atoms with Crippen molar-refractivity contribution >= 4 is 29.0 Å². The first kappa shape index (κ1) is 24.7. The number of ether oxygens (including phenoxy) is 1. The van der Waals surface area contributed by atoms with Crippen LogP contribution in [0.4, 0.5) is 5.82 Å². The summed E-state index contributed by atoms with van der Waals surface area (Å²) >= 11 is 12.3. The van der Waals surface area contributed by atoms with Crippen LogP contribution in [0.25, 0.3) is 0 Å². The minimum atomic E-state index is -0.568. The second-order valence-electron chi connectivity index (χ2n) is 8.63. The van der Waals surface area contributed by atoms with Crippen molar-refractivity contribution < 1.29 is 9.84 Å². The van der Waals surface area contributed by atoms with E-state index in [2.05, 4.69) is 20.9 Å². The van der Waals surface area contributed by atoms with Gasteiger partial charge in [-0.15, -0.1) is 0 Å². The SMILES string of the molecule is Cc1nc(C)c(Cc2ccccc2Cl)c(N2CCN(CC(O)COc3ccc(Cl)cc3)CC2)n1. The zero-order valence-electron chi connectivity index (χ0n) is 19.5. The summed E-state index contributed by atoms with van der Waals surface area (Å²) in [5.41, 5.74) is 3.17. The summed E-state index contributed by atoms with van der Waals surface area (Å²) < 4.78 is 5.69. The molecule has 8 heteroatoms. The molecule has 1 N–H and O–H groups in total. The van der Waals surface area contributed by atoms with Gasteiger partial charge in [-0.2, -0.15) is 0 Å². The molecular formula is C26H30Cl2N4O2. The van der Waals surface area contributed by atoms with Crippen LogP contribution in [0.1, 0.15) is 22.6 Å². The quantitative estimate of drug-likeness (QED) is 0.489. The van der Waals surface area contributed by atoms with Crippen LogP contribution in [0.15, 0.2) is 48.5 Å². The van der Waals surface area contributed by atoms with Gasteiger partial charge in [-0.25, -0.2) is 9.97 Å². The Kier molecular flexibility index (Phi) is 8.27. The number of rotatable bonds is 8. The van der Waals surface area contributed by atoms with Crippen molar-refractivity contribution in [3.8, 4) is 5.75 Å². The predicted molar refractivity (Wildman–Crippen MR) is 137 cm³/mol. The molecule has 1 aliphatic rings. The molecule has 34 heavy (non-hydrogen) atoms. The van der Waals surface area contributed by atoms with Crippen LogP contribution in [0.2, 0.25) is 10.0 Å². The molecule has 0 spiro atoms. The third-order valence-electron chi connectivity index (χ3n) is 6.03. The maximum Gasteiger partial charge on any atom is 0.136 e. The average molecular weight is 501 g/mol. The summed E-state index contributed by atoms with van der Waals surface area (Å²) in [6, 6.07) is 15.1. The molecule has 1 aliphatic heterocycles. The van der Waals surface area contributed by atoms with E-state index in [0.29, 0.717) is 23.7 Å². The Morgan fingerprint density at radius 2 is 1.68 bits per heavy atom. The van der Waals surface area contributed by atoms with Gasteiger partial charge in [-0.1, -0.05) is 41.4 Å². The number of β-amino-alcohol motifs (C(OH)–C–C–N with tert-alkyl or cyclic N) is 1. The fourth-order valence-electron chi connectivity index (χ4n) is 4.23. The van der Waals surface area contributed by atoms with Crippen LogP contribution < -0.4 is 9.64 Å². The Labute approximate surface area is 211 Å². The number of aliphatic hydroxyl groups excluding tert-OH is 1. The van der Waals surface area contributed by atoms with E-state index in [4.69, 9.17) is 32.9 Å². The van der Waals surface area contributed by atoms with E-state index in [9.17, 15) is 5.11 Å². The summed E-state index contributed by atoms with van der Waals surface area (Å²) in [6.45, 7) is 8.12. The third-order valence-corrected chi connectivity index (χ3v) is 6.65. The van der Waals surface area contributed by atoms with E-state index >= 15 is 0 Å². The van der Waals surface area contributed by atoms with Crippen molar-refractivity contribution in [1.29, 1.82) is 0 Å². The molecule has 4 rings (SSSR count). The highest BCUT2D eigenvalue weighted by Crippen LogP contribution is 2.27. The molecule has 1 aromatic heterocycles. The van der Waals surface area contributed by atoms with Gasteiger partial charge in [0.2, 0.25) is 0 Å². The van der Waals surface area contributed by atoms with E-state index in [1.807, 2.05) is 32.0 Å². The Morgan fingerprint density at radius 1 is 0.971 bits per heavy atom. The summed E-state index contributed by atoms with van der Waals surface area (Å²) in [7, 11) is 0. The maximum absolute atomic E-state index is 10.5. The normalized spacial score (nSPS) is 15.4. The van der Waals surface area contributed by atoms with E-state index < -0.39 is 6.10 Å². The highest BCUT2D eigenvalue weighted by molar-refractivity contribution is 6.31. The number of hydrogen-bond donors (Lipinski definition) is 1. The predicted octanol–water partition coefficient (Wildman–Crippen LogP) is 4.55. The van der Waals surface area contributed by atoms with Crippen molar-refractivity contribution in [2.24, 2.45) is 0 Å². The maximum atomic E-state index is 10.5. The van der Waals surface area contributed by atoms with Gasteiger partial charge in [0.1, 0.15) is 30.1 Å². The van der Waals surface area contributed by atoms with Gasteiger partial charge in [0.05, 0.1) is 0 Å². The summed E-state index contributed by atoms with van der Waals surface area (Å²) in [6.07, 6.45) is 0.129. The van der Waals surface area contributed by atoms with Crippen molar-refractivity contribution in [1.82, 2.24) is 14.9 Å². The molecule has 180 valence electrons. The number of benzene rings is 2. The molecule has 0 bridgehead atoms. The molecule has 1 unspecified atom stereocenters. The summed E-state index contributed by atoms with van der Waals surface area (Å²) in [5.74, 6) is 2.46. The number of piperazine rings is 1. The summed E-state index contributed by atoms with van der Waals surface area (Å²) in [5, 5.41) is 11.9. The first-order chi connectivity index (χ1) is 16.4. The van der Waals surface area contributed by atoms with Crippen LogP contribution in [-0.4, -0.2) is 65.4 Å². The molecule has 2 heterocycles. The Balaban J connectivity index is 1.36. The van der Waals surface area contributed by atoms with E-state index in [0.717, 1.165) is 59.7 Å². The van der Waals surface area contributed by atoms with E-state index in [1.165, 1.54) is 0 Å². The number of aromatic nitrogens is 2. The Morgan fingerprint density at radius 3 is 2.38 bits per heavy atom. The smallest absolute Gasteiger partial charge is 0.136 e. The number of aryl methyl sites for hydroxylation is 2. The van der Waals surface area contributed by atoms with Crippen LogP contribution >= 0.6 is 23.2 Å². The lowest BCUT2D eigenvalue weighted by atomic mass is 10.0. The van der Waals surface area contributed by atoms with Gasteiger partial charge in [0.25, 0.3) is 0 Å². The van der Waals surface area contributed by atoms with Crippen LogP contribution in [-0.2, 0) is 6.42 Å². The molecule has 0 amide bonds. The van der Waals surface area contributed by atoms with Crippen LogP contribution in [0.3, 0.4) is 0 Å². The van der Waals surface area contributed by atoms with Crippen molar-refractivity contribution in [2.45, 2.75) is 26.4 Å². The van der Waals surface area contributed by atoms with Gasteiger partial charge < -0.3 is 14.7 Å². The van der Waals surface area contributed by atoms with Gasteiger partial charge in [0, 0.05) is 60.4 Å². The van der Waals surface area contributed by atoms with Crippen molar-refractivity contribution in [3.05, 3.63) is 81.2 Å². The molecule has 3 aromatic rings. The molecular weight excluding hydrogens is 471 g/mol.